The first kappa shape index (κ1) is 78.1. The maximum Gasteiger partial charge on any atom is 0.251 e. The fourth-order valence-corrected chi connectivity index (χ4v) is 13.6. The second-order valence-corrected chi connectivity index (χ2v) is 25.9. The van der Waals surface area contributed by atoms with E-state index < -0.39 is 267 Å². The van der Waals surface area contributed by atoms with E-state index >= 15 is 0 Å². The van der Waals surface area contributed by atoms with Gasteiger partial charge in [0, 0.05) is 12.1 Å². The van der Waals surface area contributed by atoms with Crippen molar-refractivity contribution < 1.29 is 183 Å². The maximum absolute atomic E-state index is 14.2. The molecule has 1 amide bonds. The summed E-state index contributed by atoms with van der Waals surface area (Å²) < 4.78 is 83.1. The summed E-state index contributed by atoms with van der Waals surface area (Å²) >= 11 is 0. The van der Waals surface area contributed by atoms with E-state index in [4.69, 9.17) is 66.3 Å². The Bertz CT molecular complexity index is 3450. The molecule has 0 spiro atoms. The largest absolute Gasteiger partial charge is 0.507 e. The Labute approximate surface area is 587 Å². The van der Waals surface area contributed by atoms with E-state index in [2.05, 4.69) is 15.4 Å². The Kier molecular flexibility index (Phi) is 24.9. The average molecular weight is 1490 g/mol. The summed E-state index contributed by atoms with van der Waals surface area (Å²) in [5.41, 5.74) is 0.738. The lowest BCUT2D eigenvalue weighted by atomic mass is 9.95. The molecule has 104 heavy (non-hydrogen) atoms. The lowest BCUT2D eigenvalue weighted by molar-refractivity contribution is -0.396. The molecule has 4 aromatic rings. The van der Waals surface area contributed by atoms with Crippen LogP contribution in [0.25, 0.3) is 28.5 Å². The van der Waals surface area contributed by atoms with E-state index in [0.29, 0.717) is 5.69 Å². The first-order chi connectivity index (χ1) is 49.8. The highest BCUT2D eigenvalue weighted by Crippen LogP contribution is 2.41. The summed E-state index contributed by atoms with van der Waals surface area (Å²) in [6.07, 6.45) is -72.8. The third kappa shape index (κ3) is 15.3. The van der Waals surface area contributed by atoms with Gasteiger partial charge in [-0.15, -0.1) is 5.10 Å². The quantitative estimate of drug-likeness (QED) is 0.0626. The van der Waals surface area contributed by atoms with E-state index in [1.807, 2.05) is 0 Å². The lowest BCUT2D eigenvalue weighted by Gasteiger charge is -2.50. The Balaban J connectivity index is 0.833. The Morgan fingerprint density at radius 2 is 0.596 bits per heavy atom. The van der Waals surface area contributed by atoms with Crippen LogP contribution in [-0.2, 0) is 66.3 Å². The van der Waals surface area contributed by atoms with Gasteiger partial charge in [-0.05, 0) is 48.5 Å². The van der Waals surface area contributed by atoms with Gasteiger partial charge in [0.2, 0.25) is 0 Å². The minimum atomic E-state index is -2.33. The zero-order chi connectivity index (χ0) is 74.4. The number of benzene rings is 3. The van der Waals surface area contributed by atoms with Gasteiger partial charge in [-0.3, -0.25) is 4.79 Å². The van der Waals surface area contributed by atoms with Crippen LogP contribution in [0.5, 0.6) is 11.5 Å². The van der Waals surface area contributed by atoms with Gasteiger partial charge >= 0.3 is 0 Å². The number of amides is 1. The molecular formula is C63H84N4O37. The van der Waals surface area contributed by atoms with Gasteiger partial charge in [0.25, 0.3) is 5.91 Å². The normalized spacial score (nSPS) is 43.9. The minimum Gasteiger partial charge on any atom is -0.507 e. The topological polar surface area (TPSA) is 634 Å². The van der Waals surface area contributed by atoms with Crippen LogP contribution in [0.1, 0.15) is 10.4 Å². The van der Waals surface area contributed by atoms with Crippen LogP contribution in [-0.4, -0.2) is 394 Å². The number of aromatic nitrogens is 3. The van der Waals surface area contributed by atoms with Gasteiger partial charge in [0.05, 0.1) is 56.5 Å². The molecule has 23 N–H and O–H groups in total. The molecule has 41 heteroatoms. The molecule has 0 radical (unpaired) electrons. The number of rotatable bonds is 12. The van der Waals surface area contributed by atoms with E-state index in [0.717, 1.165) is 0 Å². The molecule has 21 aliphatic rings. The highest BCUT2D eigenvalue weighted by Gasteiger charge is 2.60. The predicted molar refractivity (Wildman–Crippen MR) is 329 cm³/mol. The summed E-state index contributed by atoms with van der Waals surface area (Å²) in [5.74, 6) is -0.981. The average Bonchev–Trinajstić information content (AvgIpc) is 0.906. The lowest BCUT2D eigenvalue weighted by Crippen LogP contribution is -2.68. The second-order valence-electron chi connectivity index (χ2n) is 25.9. The van der Waals surface area contributed by atoms with Crippen molar-refractivity contribution in [2.45, 2.75) is 215 Å². The summed E-state index contributed by atoms with van der Waals surface area (Å²) in [6.45, 7) is -7.32. The molecule has 3 aromatic carbocycles. The SMILES string of the molecule is O=C(NC[C@H]1O[C@@H]2OC3[C@@H](CO)O[C@H](O[C@H]4[C@H](O)[C@@H](O)[C@@H](O[C@H]5[C@H](O)[C@@H](O)[C@@H](O[C@H]6[C@H](O)[C@@H](O)[C@@H](O[C@H]7[C@H](O)[C@@H](O)[C@@H](O[C@H]8[C@H](O)[C@@H](O)[C@@H](O[C@H]1[C@H](O)[C@H]2O)O[C@@H]8CO)O[C@@H]7CO)O[C@@H]6CO)O[C@@H]5CO)O[C@@H]4CO)[C@H](O)[C@H]3O)c1ccc(-n2nc(-c3ccccc3O)nc2-c2ccccc2O)cc1. The number of hydrogen-bond acceptors (Lipinski definition) is 39. The van der Waals surface area contributed by atoms with Crippen molar-refractivity contribution in [2.24, 2.45) is 0 Å². The van der Waals surface area contributed by atoms with Gasteiger partial charge < -0.3 is 184 Å². The van der Waals surface area contributed by atoms with Crippen molar-refractivity contribution >= 4 is 5.91 Å². The summed E-state index contributed by atoms with van der Waals surface area (Å²) in [7, 11) is 0. The number of phenolic OH excluding ortho intramolecular Hbond substituents is 2. The predicted octanol–water partition coefficient (Wildman–Crippen LogP) is -11.5. The molecule has 1 aromatic heterocycles. The first-order valence-electron chi connectivity index (χ1n) is 33.1. The van der Waals surface area contributed by atoms with Gasteiger partial charge in [-0.25, -0.2) is 9.67 Å². The Hall–Kier alpha value is -5.49. The molecule has 21 saturated heterocycles. The van der Waals surface area contributed by atoms with Crippen molar-refractivity contribution in [2.75, 3.05) is 46.2 Å². The Morgan fingerprint density at radius 3 is 0.875 bits per heavy atom. The summed E-state index contributed by atoms with van der Waals surface area (Å²) in [5, 5.41) is 255. The molecule has 14 bridgehead atoms. The van der Waals surface area contributed by atoms with Crippen LogP contribution in [0.4, 0.5) is 0 Å². The zero-order valence-corrected chi connectivity index (χ0v) is 54.4. The van der Waals surface area contributed by atoms with Crippen LogP contribution in [0, 0.1) is 0 Å². The zero-order valence-electron chi connectivity index (χ0n) is 54.4. The number of nitrogens with zero attached hydrogens (tertiary/aromatic N) is 3. The number of nitrogens with one attached hydrogen (secondary N) is 1. The number of aliphatic hydroxyl groups excluding tert-OH is 20. The number of carbonyl (C=O) groups excluding carboxylic acids is 1. The molecule has 1 unspecified atom stereocenters. The molecule has 41 nitrogen and oxygen atoms in total. The number of carbonyl (C=O) groups is 1. The first-order valence-corrected chi connectivity index (χ1v) is 33.1. The number of para-hydroxylation sites is 2. The van der Waals surface area contributed by atoms with Crippen LogP contribution < -0.4 is 5.32 Å². The van der Waals surface area contributed by atoms with Gasteiger partial charge in [-0.2, -0.15) is 0 Å². The smallest absolute Gasteiger partial charge is 0.251 e. The number of aliphatic hydroxyl groups is 20. The summed E-state index contributed by atoms with van der Waals surface area (Å²) in [4.78, 5) is 18.8. The van der Waals surface area contributed by atoms with Gasteiger partial charge in [0.15, 0.2) is 55.7 Å². The number of ether oxygens (including phenoxy) is 14. The van der Waals surface area contributed by atoms with Crippen LogP contribution in [0.3, 0.4) is 0 Å². The molecule has 21 fully saturated rings. The van der Waals surface area contributed by atoms with Crippen LogP contribution >= 0.6 is 0 Å². The fourth-order valence-electron chi connectivity index (χ4n) is 13.6. The van der Waals surface area contributed by atoms with Crippen molar-refractivity contribution in [1.29, 1.82) is 0 Å². The van der Waals surface area contributed by atoms with Gasteiger partial charge in [-0.1, -0.05) is 24.3 Å². The Morgan fingerprint density at radius 1 is 0.337 bits per heavy atom. The van der Waals surface area contributed by atoms with Crippen molar-refractivity contribution in [3.05, 3.63) is 78.4 Å². The van der Waals surface area contributed by atoms with Gasteiger partial charge in [0.1, 0.15) is 182 Å². The second kappa shape index (κ2) is 33.2. The number of hydrogen-bond donors (Lipinski definition) is 23. The minimum absolute atomic E-state index is 0.0511. The molecule has 578 valence electrons. The highest BCUT2D eigenvalue weighted by molar-refractivity contribution is 5.94. The van der Waals surface area contributed by atoms with Crippen LogP contribution in [0.15, 0.2) is 72.8 Å². The molecule has 35 atom stereocenters. The molecule has 0 aliphatic carbocycles. The summed E-state index contributed by atoms with van der Waals surface area (Å²) in [6, 6.07) is 18.1. The van der Waals surface area contributed by atoms with E-state index in [9.17, 15) is 117 Å². The molecule has 0 saturated carbocycles. The third-order valence-electron chi connectivity index (χ3n) is 19.3. The monoisotopic (exact) mass is 1490 g/mol. The highest BCUT2D eigenvalue weighted by atomic mass is 16.8. The van der Waals surface area contributed by atoms with Crippen molar-refractivity contribution in [3.63, 3.8) is 0 Å². The van der Waals surface area contributed by atoms with E-state index in [1.165, 1.54) is 41.1 Å². The maximum atomic E-state index is 14.2. The fraction of sp³-hybridized carbons (Fsp3) is 0.667. The van der Waals surface area contributed by atoms with Crippen molar-refractivity contribution in [3.8, 4) is 40.0 Å². The number of phenols is 2. The number of aromatic hydroxyl groups is 2. The van der Waals surface area contributed by atoms with E-state index in [-0.39, 0.29) is 39.8 Å². The van der Waals surface area contributed by atoms with E-state index in [1.54, 1.807) is 36.4 Å². The third-order valence-corrected chi connectivity index (χ3v) is 19.3. The van der Waals surface area contributed by atoms with Crippen LogP contribution in [0.2, 0.25) is 0 Å². The molecule has 21 aliphatic heterocycles. The molecular weight excluding hydrogens is 1400 g/mol. The molecule has 25 rings (SSSR count). The van der Waals surface area contributed by atoms with Crippen molar-refractivity contribution in [1.82, 2.24) is 20.1 Å². The molecule has 22 heterocycles. The standard InChI is InChI=1S/C63H84N4O37/c68-14-27-48-35(78)42(85)59(93-27)101-50-29(16-70)95-61(44(87)37(50)80)103-52-31(18-72)97-63(46(89)39(52)82)104-53-32(19-73)96-62(45(88)38(53)81)102-51-30(17-71)94-60(43(86)36(51)79)100-49-28(15-69)92-58(41(84)34(49)77)98-47-26(91-57(99-48)40(83)33(47)76)13-64-56(90)20-9-11-21(12-10-20)67-55(23-6-2-4-8-25(23)75)65-54(66-67)22-5-1-3-7-24(22)74/h1-12,26-53,57-63,68-89H,13-19H2,(H,64,90)/t26-,27-,28-,29-,30-,31-,32-,33-,34-,35-,36-,37-,38-,39-,40-,41-,42-,43-,44-,45-,46-,47-,48?,49-,50-,51-,52-,53-,57-,58-,59-,60-,61-,62-,63-/m1/s1.